The molecule has 0 saturated heterocycles. The molecular formula is C16H11IO2. The number of halogens is 1. The maximum Gasteiger partial charge on any atom is 0.338 e. The van der Waals surface area contributed by atoms with Crippen LogP contribution in [0.1, 0.15) is 21.5 Å². The quantitative estimate of drug-likeness (QED) is 0.441. The number of ether oxygens (including phenoxy) is 1. The third-order valence-electron chi connectivity index (χ3n) is 2.52. The summed E-state index contributed by atoms with van der Waals surface area (Å²) in [6.07, 6.45) is 0. The SMILES string of the molecule is COC(=O)c1cccc(C#Cc2ccccc2)c1I. The summed E-state index contributed by atoms with van der Waals surface area (Å²) in [5.74, 6) is 5.82. The highest BCUT2D eigenvalue weighted by atomic mass is 127. The highest BCUT2D eigenvalue weighted by molar-refractivity contribution is 14.1. The van der Waals surface area contributed by atoms with Crippen LogP contribution in [-0.4, -0.2) is 13.1 Å². The summed E-state index contributed by atoms with van der Waals surface area (Å²) in [6.45, 7) is 0. The van der Waals surface area contributed by atoms with Crippen molar-refractivity contribution in [2.75, 3.05) is 7.11 Å². The van der Waals surface area contributed by atoms with E-state index in [1.165, 1.54) is 7.11 Å². The molecular weight excluding hydrogens is 351 g/mol. The summed E-state index contributed by atoms with van der Waals surface area (Å²) in [7, 11) is 1.38. The van der Waals surface area contributed by atoms with Crippen LogP contribution in [0.25, 0.3) is 0 Å². The lowest BCUT2D eigenvalue weighted by Gasteiger charge is -2.03. The van der Waals surface area contributed by atoms with Crippen molar-refractivity contribution in [1.82, 2.24) is 0 Å². The van der Waals surface area contributed by atoms with Gasteiger partial charge in [-0.05, 0) is 46.9 Å². The Morgan fingerprint density at radius 3 is 2.47 bits per heavy atom. The molecule has 0 aliphatic heterocycles. The van der Waals surface area contributed by atoms with E-state index >= 15 is 0 Å². The van der Waals surface area contributed by atoms with Gasteiger partial charge in [0, 0.05) is 14.7 Å². The Bertz CT molecular complexity index is 651. The van der Waals surface area contributed by atoms with Crippen molar-refractivity contribution in [1.29, 1.82) is 0 Å². The largest absolute Gasteiger partial charge is 0.465 e. The van der Waals surface area contributed by atoms with Crippen molar-refractivity contribution in [2.24, 2.45) is 0 Å². The van der Waals surface area contributed by atoms with Crippen LogP contribution in [0, 0.1) is 15.4 Å². The summed E-state index contributed by atoms with van der Waals surface area (Å²) in [5, 5.41) is 0. The van der Waals surface area contributed by atoms with Crippen LogP contribution in [0.3, 0.4) is 0 Å². The van der Waals surface area contributed by atoms with Gasteiger partial charge in [0.25, 0.3) is 0 Å². The number of benzene rings is 2. The second-order valence-corrected chi connectivity index (χ2v) is 4.85. The first-order chi connectivity index (χ1) is 9.22. The lowest BCUT2D eigenvalue weighted by molar-refractivity contribution is 0.0599. The molecule has 0 heterocycles. The summed E-state index contributed by atoms with van der Waals surface area (Å²) in [5.41, 5.74) is 2.32. The number of rotatable bonds is 1. The maximum absolute atomic E-state index is 11.6. The van der Waals surface area contributed by atoms with E-state index in [0.717, 1.165) is 14.7 Å². The Kier molecular flexibility index (Phi) is 4.58. The number of carbonyl (C=O) groups excluding carboxylic acids is 1. The van der Waals surface area contributed by atoms with Gasteiger partial charge in [-0.25, -0.2) is 4.79 Å². The lowest BCUT2D eigenvalue weighted by atomic mass is 10.1. The molecule has 0 spiro atoms. The maximum atomic E-state index is 11.6. The van der Waals surface area contributed by atoms with Crippen molar-refractivity contribution >= 4 is 28.6 Å². The molecule has 0 N–H and O–H groups in total. The van der Waals surface area contributed by atoms with Gasteiger partial charge in [-0.1, -0.05) is 36.1 Å². The predicted molar refractivity (Wildman–Crippen MR) is 82.9 cm³/mol. The number of methoxy groups -OCH3 is 1. The summed E-state index contributed by atoms with van der Waals surface area (Å²) < 4.78 is 5.56. The molecule has 3 heteroatoms. The van der Waals surface area contributed by atoms with Gasteiger partial charge in [0.2, 0.25) is 0 Å². The van der Waals surface area contributed by atoms with Crippen LogP contribution in [0.5, 0.6) is 0 Å². The molecule has 0 fully saturated rings. The van der Waals surface area contributed by atoms with E-state index in [9.17, 15) is 4.79 Å². The van der Waals surface area contributed by atoms with E-state index in [1.54, 1.807) is 6.07 Å². The van der Waals surface area contributed by atoms with Crippen molar-refractivity contribution in [3.63, 3.8) is 0 Å². The zero-order valence-corrected chi connectivity index (χ0v) is 12.5. The Morgan fingerprint density at radius 1 is 1.05 bits per heavy atom. The minimum atomic E-state index is -0.340. The standard InChI is InChI=1S/C16H11IO2/c1-19-16(18)14-9-5-8-13(15(14)17)11-10-12-6-3-2-4-7-12/h2-9H,1H3. The second-order valence-electron chi connectivity index (χ2n) is 3.77. The van der Waals surface area contributed by atoms with Crippen LogP contribution < -0.4 is 0 Å². The Hall–Kier alpha value is -1.80. The van der Waals surface area contributed by atoms with E-state index in [0.29, 0.717) is 5.56 Å². The molecule has 94 valence electrons. The summed E-state index contributed by atoms with van der Waals surface area (Å²) in [6, 6.07) is 15.2. The van der Waals surface area contributed by atoms with Gasteiger partial charge in [-0.2, -0.15) is 0 Å². The average molecular weight is 362 g/mol. The fraction of sp³-hybridized carbons (Fsp3) is 0.0625. The van der Waals surface area contributed by atoms with E-state index in [1.807, 2.05) is 42.5 Å². The third-order valence-corrected chi connectivity index (χ3v) is 3.68. The van der Waals surface area contributed by atoms with Gasteiger partial charge < -0.3 is 4.74 Å². The molecule has 0 radical (unpaired) electrons. The van der Waals surface area contributed by atoms with Crippen molar-refractivity contribution in [2.45, 2.75) is 0 Å². The smallest absolute Gasteiger partial charge is 0.338 e. The molecule has 0 aliphatic carbocycles. The van der Waals surface area contributed by atoms with Crippen molar-refractivity contribution < 1.29 is 9.53 Å². The van der Waals surface area contributed by atoms with Crippen LogP contribution in [0.4, 0.5) is 0 Å². The number of hydrogen-bond donors (Lipinski definition) is 0. The minimum absolute atomic E-state index is 0.340. The van der Waals surface area contributed by atoms with E-state index in [2.05, 4.69) is 34.4 Å². The molecule has 0 aromatic heterocycles. The molecule has 0 bridgehead atoms. The van der Waals surface area contributed by atoms with Crippen LogP contribution in [-0.2, 0) is 4.74 Å². The fourth-order valence-electron chi connectivity index (χ4n) is 1.56. The van der Waals surface area contributed by atoms with Gasteiger partial charge in [-0.15, -0.1) is 0 Å². The summed E-state index contributed by atoms with van der Waals surface area (Å²) in [4.78, 5) is 11.6. The van der Waals surface area contributed by atoms with Crippen LogP contribution >= 0.6 is 22.6 Å². The first-order valence-corrected chi connectivity index (χ1v) is 6.74. The topological polar surface area (TPSA) is 26.3 Å². The fourth-order valence-corrected chi connectivity index (χ4v) is 2.27. The molecule has 0 saturated carbocycles. The molecule has 2 aromatic carbocycles. The van der Waals surface area contributed by atoms with Gasteiger partial charge in [0.05, 0.1) is 12.7 Å². The minimum Gasteiger partial charge on any atom is -0.465 e. The second kappa shape index (κ2) is 6.39. The summed E-state index contributed by atoms with van der Waals surface area (Å²) >= 11 is 2.12. The third kappa shape index (κ3) is 3.36. The van der Waals surface area contributed by atoms with E-state index < -0.39 is 0 Å². The highest BCUT2D eigenvalue weighted by Gasteiger charge is 2.11. The monoisotopic (exact) mass is 362 g/mol. The van der Waals surface area contributed by atoms with Crippen LogP contribution in [0.15, 0.2) is 48.5 Å². The Labute approximate surface area is 125 Å². The molecule has 2 rings (SSSR count). The normalized spacial score (nSPS) is 9.37. The Balaban J connectivity index is 2.37. The van der Waals surface area contributed by atoms with E-state index in [-0.39, 0.29) is 5.97 Å². The molecule has 0 amide bonds. The number of hydrogen-bond acceptors (Lipinski definition) is 2. The number of esters is 1. The van der Waals surface area contributed by atoms with Crippen LogP contribution in [0.2, 0.25) is 0 Å². The van der Waals surface area contributed by atoms with Gasteiger partial charge in [0.1, 0.15) is 0 Å². The zero-order chi connectivity index (χ0) is 13.7. The number of carbonyl (C=O) groups is 1. The molecule has 0 aliphatic rings. The first-order valence-electron chi connectivity index (χ1n) is 5.66. The lowest BCUT2D eigenvalue weighted by Crippen LogP contribution is -2.04. The van der Waals surface area contributed by atoms with E-state index in [4.69, 9.17) is 4.74 Å². The highest BCUT2D eigenvalue weighted by Crippen LogP contribution is 2.17. The zero-order valence-electron chi connectivity index (χ0n) is 10.3. The average Bonchev–Trinajstić information content (AvgIpc) is 2.46. The van der Waals surface area contributed by atoms with Gasteiger partial charge in [-0.3, -0.25) is 0 Å². The van der Waals surface area contributed by atoms with Gasteiger partial charge in [0.15, 0.2) is 0 Å². The Morgan fingerprint density at radius 2 is 1.79 bits per heavy atom. The molecule has 0 unspecified atom stereocenters. The predicted octanol–water partition coefficient (Wildman–Crippen LogP) is 3.48. The van der Waals surface area contributed by atoms with Crippen molar-refractivity contribution in [3.8, 4) is 11.8 Å². The first kappa shape index (κ1) is 13.6. The molecule has 19 heavy (non-hydrogen) atoms. The molecule has 0 atom stereocenters. The van der Waals surface area contributed by atoms with Crippen molar-refractivity contribution in [3.05, 3.63) is 68.8 Å². The molecule has 2 nitrogen and oxygen atoms in total. The van der Waals surface area contributed by atoms with Gasteiger partial charge >= 0.3 is 5.97 Å². The molecule has 2 aromatic rings.